The number of pyridine rings is 1. The first-order valence-electron chi connectivity index (χ1n) is 8.27. The van der Waals surface area contributed by atoms with Gasteiger partial charge in [0.25, 0.3) is 0 Å². The number of nitrogens with zero attached hydrogens (tertiary/aromatic N) is 4. The first-order chi connectivity index (χ1) is 13.0. The fourth-order valence-corrected chi connectivity index (χ4v) is 3.27. The van der Waals surface area contributed by atoms with Crippen LogP contribution in [0.5, 0.6) is 0 Å². The lowest BCUT2D eigenvalue weighted by Crippen LogP contribution is -2.20. The molecule has 0 aliphatic heterocycles. The first-order valence-corrected chi connectivity index (χ1v) is 9.63. The van der Waals surface area contributed by atoms with Gasteiger partial charge >= 0.3 is 0 Å². The summed E-state index contributed by atoms with van der Waals surface area (Å²) >= 11 is 7.41. The molecule has 140 valence electrons. The van der Waals surface area contributed by atoms with Crippen LogP contribution in [0.25, 0.3) is 5.69 Å². The van der Waals surface area contributed by atoms with Crippen LogP contribution in [0, 0.1) is 6.92 Å². The highest BCUT2D eigenvalue weighted by Crippen LogP contribution is 2.23. The molecule has 0 atom stereocenters. The van der Waals surface area contributed by atoms with Gasteiger partial charge in [-0.2, -0.15) is 0 Å². The van der Waals surface area contributed by atoms with Gasteiger partial charge in [-0.25, -0.2) is 0 Å². The lowest BCUT2D eigenvalue weighted by atomic mass is 10.2. The van der Waals surface area contributed by atoms with Gasteiger partial charge in [0.2, 0.25) is 11.3 Å². The van der Waals surface area contributed by atoms with Crippen LogP contribution in [-0.4, -0.2) is 31.0 Å². The van der Waals surface area contributed by atoms with E-state index in [0.717, 1.165) is 11.3 Å². The summed E-state index contributed by atoms with van der Waals surface area (Å²) in [7, 11) is 0. The number of thioether (sulfide) groups is 1. The van der Waals surface area contributed by atoms with Crippen molar-refractivity contribution in [3.63, 3.8) is 0 Å². The Morgan fingerprint density at radius 3 is 2.89 bits per heavy atom. The van der Waals surface area contributed by atoms with Gasteiger partial charge in [-0.3, -0.25) is 14.2 Å². The number of hydrogen-bond donors (Lipinski definition) is 1. The highest BCUT2D eigenvalue weighted by molar-refractivity contribution is 7.99. The third kappa shape index (κ3) is 4.58. The molecule has 2 aromatic heterocycles. The lowest BCUT2D eigenvalue weighted by molar-refractivity contribution is -0.113. The van der Waals surface area contributed by atoms with E-state index < -0.39 is 0 Å². The summed E-state index contributed by atoms with van der Waals surface area (Å²) in [5, 5.41) is 11.8. The van der Waals surface area contributed by atoms with Crippen molar-refractivity contribution >= 4 is 35.0 Å². The molecule has 0 aliphatic rings. The van der Waals surface area contributed by atoms with Gasteiger partial charge in [-0.15, -0.1) is 10.2 Å². The summed E-state index contributed by atoms with van der Waals surface area (Å²) in [5.74, 6) is -0.193. The maximum Gasteiger partial charge on any atom is 0.234 e. The minimum atomic E-state index is -0.289. The smallest absolute Gasteiger partial charge is 0.234 e. The molecule has 0 bridgehead atoms. The number of aryl methyl sites for hydroxylation is 2. The molecule has 3 aromatic rings. The van der Waals surface area contributed by atoms with Crippen LogP contribution in [0.1, 0.15) is 12.5 Å². The number of carbonyl (C=O) groups is 1. The van der Waals surface area contributed by atoms with Crippen molar-refractivity contribution < 1.29 is 4.79 Å². The van der Waals surface area contributed by atoms with Gasteiger partial charge in [0.05, 0.1) is 11.4 Å². The Kier molecular flexibility index (Phi) is 5.98. The summed E-state index contributed by atoms with van der Waals surface area (Å²) < 4.78 is 3.58. The van der Waals surface area contributed by atoms with Crippen molar-refractivity contribution in [2.45, 2.75) is 25.5 Å². The minimum absolute atomic E-state index is 0.0960. The summed E-state index contributed by atoms with van der Waals surface area (Å²) in [4.78, 5) is 24.1. The molecule has 2 heterocycles. The molecule has 1 aromatic carbocycles. The molecule has 7 nitrogen and oxygen atoms in total. The number of nitrogens with one attached hydrogen (secondary N) is 1. The summed E-state index contributed by atoms with van der Waals surface area (Å²) in [5.41, 5.74) is 1.82. The number of amides is 1. The van der Waals surface area contributed by atoms with E-state index in [9.17, 15) is 9.59 Å². The Labute approximate surface area is 165 Å². The molecule has 3 rings (SSSR count). The number of carbonyl (C=O) groups excluding carboxylic acids is 1. The van der Waals surface area contributed by atoms with Gasteiger partial charge in [0.15, 0.2) is 5.16 Å². The normalized spacial score (nSPS) is 10.8. The van der Waals surface area contributed by atoms with Crippen LogP contribution in [0.3, 0.4) is 0 Å². The zero-order valence-electron chi connectivity index (χ0n) is 14.8. The molecule has 27 heavy (non-hydrogen) atoms. The van der Waals surface area contributed by atoms with E-state index in [2.05, 4.69) is 15.5 Å². The van der Waals surface area contributed by atoms with Crippen molar-refractivity contribution in [3.8, 4) is 5.69 Å². The number of aromatic nitrogens is 4. The van der Waals surface area contributed by atoms with Gasteiger partial charge in [0, 0.05) is 30.0 Å². The minimum Gasteiger partial charge on any atom is -0.352 e. The molecule has 0 spiro atoms. The maximum atomic E-state index is 12.2. The van der Waals surface area contributed by atoms with E-state index in [1.54, 1.807) is 23.3 Å². The fraction of sp³-hybridized carbons (Fsp3) is 0.222. The Morgan fingerprint density at radius 1 is 1.33 bits per heavy atom. The van der Waals surface area contributed by atoms with Crippen LogP contribution in [0.4, 0.5) is 5.69 Å². The second-order valence-electron chi connectivity index (χ2n) is 5.81. The molecule has 0 saturated carbocycles. The zero-order valence-corrected chi connectivity index (χ0v) is 16.4. The number of hydrogen-bond acceptors (Lipinski definition) is 5. The summed E-state index contributed by atoms with van der Waals surface area (Å²) in [6, 6.07) is 7.07. The van der Waals surface area contributed by atoms with E-state index in [-0.39, 0.29) is 22.8 Å². The Bertz CT molecular complexity index is 1030. The van der Waals surface area contributed by atoms with Gasteiger partial charge in [-0.05, 0) is 31.5 Å². The molecule has 0 saturated heterocycles. The largest absolute Gasteiger partial charge is 0.352 e. The van der Waals surface area contributed by atoms with E-state index >= 15 is 0 Å². The second kappa shape index (κ2) is 8.41. The van der Waals surface area contributed by atoms with Crippen molar-refractivity contribution in [2.75, 3.05) is 11.1 Å². The van der Waals surface area contributed by atoms with Crippen molar-refractivity contribution in [3.05, 3.63) is 63.8 Å². The van der Waals surface area contributed by atoms with Crippen LogP contribution in [-0.2, 0) is 11.3 Å². The van der Waals surface area contributed by atoms with Crippen molar-refractivity contribution in [2.24, 2.45) is 0 Å². The molecular formula is C18H18ClN5O2S. The third-order valence-corrected chi connectivity index (χ3v) is 5.25. The molecule has 9 heteroatoms. The zero-order chi connectivity index (χ0) is 19.4. The van der Waals surface area contributed by atoms with Gasteiger partial charge in [0.1, 0.15) is 12.0 Å². The van der Waals surface area contributed by atoms with Crippen molar-refractivity contribution in [1.82, 2.24) is 19.3 Å². The average Bonchev–Trinajstić information content (AvgIpc) is 3.12. The Hall–Kier alpha value is -2.58. The highest BCUT2D eigenvalue weighted by atomic mass is 35.5. The molecular weight excluding hydrogens is 386 g/mol. The molecule has 0 fully saturated rings. The standard InChI is InChI=1S/C18H18ClN5O2S/c1-3-23-7-6-16(25)15(9-23)21-17(26)10-27-18-22-20-11-24(18)13-5-4-12(2)14(19)8-13/h4-9,11H,3,10H2,1-2H3,(H,21,26). The van der Waals surface area contributed by atoms with Gasteiger partial charge in [-0.1, -0.05) is 29.4 Å². The first kappa shape index (κ1) is 19.2. The molecule has 1 amide bonds. The Morgan fingerprint density at radius 2 is 2.15 bits per heavy atom. The average molecular weight is 404 g/mol. The number of rotatable bonds is 6. The maximum absolute atomic E-state index is 12.2. The predicted octanol–water partition coefficient (Wildman–Crippen LogP) is 3.14. The SMILES string of the molecule is CCn1ccc(=O)c(NC(=O)CSc2nncn2-c2ccc(C)c(Cl)c2)c1. The van der Waals surface area contributed by atoms with E-state index in [1.165, 1.54) is 17.8 Å². The van der Waals surface area contributed by atoms with Crippen molar-refractivity contribution in [1.29, 1.82) is 0 Å². The molecule has 1 N–H and O–H groups in total. The summed E-state index contributed by atoms with van der Waals surface area (Å²) in [6.07, 6.45) is 4.88. The molecule has 0 aliphatic carbocycles. The number of benzene rings is 1. The summed E-state index contributed by atoms with van der Waals surface area (Å²) in [6.45, 7) is 4.59. The predicted molar refractivity (Wildman–Crippen MR) is 107 cm³/mol. The number of anilines is 1. The lowest BCUT2D eigenvalue weighted by Gasteiger charge is -2.09. The van der Waals surface area contributed by atoms with Crippen LogP contribution >= 0.6 is 23.4 Å². The quantitative estimate of drug-likeness (QED) is 0.639. The molecule has 0 unspecified atom stereocenters. The van der Waals surface area contributed by atoms with Crippen LogP contribution < -0.4 is 10.7 Å². The monoisotopic (exact) mass is 403 g/mol. The van der Waals surface area contributed by atoms with E-state index in [1.807, 2.05) is 36.6 Å². The second-order valence-corrected chi connectivity index (χ2v) is 7.16. The van der Waals surface area contributed by atoms with Crippen LogP contribution in [0.2, 0.25) is 5.02 Å². The highest BCUT2D eigenvalue weighted by Gasteiger charge is 2.12. The molecule has 0 radical (unpaired) electrons. The fourth-order valence-electron chi connectivity index (χ4n) is 2.36. The van der Waals surface area contributed by atoms with Gasteiger partial charge < -0.3 is 9.88 Å². The topological polar surface area (TPSA) is 81.8 Å². The van der Waals surface area contributed by atoms with E-state index in [4.69, 9.17) is 11.6 Å². The number of halogens is 1. The Balaban J connectivity index is 1.69. The van der Waals surface area contributed by atoms with E-state index in [0.29, 0.717) is 16.7 Å². The van der Waals surface area contributed by atoms with Crippen LogP contribution in [0.15, 0.2) is 52.9 Å². The third-order valence-electron chi connectivity index (χ3n) is 3.90.